The van der Waals surface area contributed by atoms with Gasteiger partial charge in [-0.2, -0.15) is 5.10 Å². The summed E-state index contributed by atoms with van der Waals surface area (Å²) in [6, 6.07) is 23.9. The number of aromatic amines is 1. The molecule has 148 valence electrons. The summed E-state index contributed by atoms with van der Waals surface area (Å²) in [7, 11) is 1.83. The molecule has 0 saturated carbocycles. The number of H-pyrrole nitrogens is 1. The highest BCUT2D eigenvalue weighted by Gasteiger charge is 2.19. The Kier molecular flexibility index (Phi) is 4.69. The number of fused-ring (bicyclic) bond motifs is 1. The molecule has 3 heterocycles. The van der Waals surface area contributed by atoms with Crippen LogP contribution < -0.4 is 0 Å². The molecule has 30 heavy (non-hydrogen) atoms. The van der Waals surface area contributed by atoms with Crippen LogP contribution in [0.2, 0.25) is 0 Å². The average Bonchev–Trinajstić information content (AvgIpc) is 3.52. The van der Waals surface area contributed by atoms with Crippen molar-refractivity contribution in [3.05, 3.63) is 95.6 Å². The lowest BCUT2D eigenvalue weighted by Crippen LogP contribution is -2.26. The summed E-state index contributed by atoms with van der Waals surface area (Å²) in [6.45, 7) is 0.467. The number of thiophene rings is 1. The highest BCUT2D eigenvalue weighted by atomic mass is 32.1. The van der Waals surface area contributed by atoms with Crippen LogP contribution in [0.15, 0.2) is 84.4 Å². The maximum atomic E-state index is 13.1. The maximum absolute atomic E-state index is 13.1. The van der Waals surface area contributed by atoms with Gasteiger partial charge in [0.15, 0.2) is 0 Å². The third-order valence-corrected chi connectivity index (χ3v) is 5.96. The summed E-state index contributed by atoms with van der Waals surface area (Å²) in [5.74, 6) is -0.0456. The molecular formula is C24H20N4OS. The summed E-state index contributed by atoms with van der Waals surface area (Å²) < 4.78 is 1.88. The van der Waals surface area contributed by atoms with Crippen molar-refractivity contribution in [1.82, 2.24) is 19.7 Å². The number of amides is 1. The Balaban J connectivity index is 1.47. The number of para-hydroxylation sites is 2. The number of hydrogen-bond donors (Lipinski definition) is 1. The van der Waals surface area contributed by atoms with Gasteiger partial charge in [-0.1, -0.05) is 42.5 Å². The van der Waals surface area contributed by atoms with E-state index in [1.165, 1.54) is 0 Å². The summed E-state index contributed by atoms with van der Waals surface area (Å²) in [5, 5.41) is 7.90. The number of aromatic nitrogens is 3. The van der Waals surface area contributed by atoms with E-state index in [1.54, 1.807) is 16.2 Å². The highest BCUT2D eigenvalue weighted by Crippen LogP contribution is 2.29. The van der Waals surface area contributed by atoms with Crippen LogP contribution >= 0.6 is 11.3 Å². The van der Waals surface area contributed by atoms with E-state index in [0.717, 1.165) is 32.7 Å². The van der Waals surface area contributed by atoms with Crippen LogP contribution in [-0.4, -0.2) is 32.6 Å². The van der Waals surface area contributed by atoms with E-state index >= 15 is 0 Å². The second-order valence-electron chi connectivity index (χ2n) is 7.19. The third-order valence-electron chi connectivity index (χ3n) is 5.08. The molecule has 0 aliphatic rings. The van der Waals surface area contributed by atoms with Crippen molar-refractivity contribution in [2.45, 2.75) is 6.54 Å². The summed E-state index contributed by atoms with van der Waals surface area (Å²) >= 11 is 1.65. The molecule has 5 rings (SSSR count). The Morgan fingerprint density at radius 2 is 1.87 bits per heavy atom. The molecule has 0 unspecified atom stereocenters. The Bertz CT molecular complexity index is 1270. The van der Waals surface area contributed by atoms with Crippen molar-refractivity contribution in [3.8, 4) is 16.3 Å². The van der Waals surface area contributed by atoms with E-state index < -0.39 is 0 Å². The number of nitrogens with zero attached hydrogens (tertiary/aromatic N) is 3. The Hall–Kier alpha value is -3.64. The minimum atomic E-state index is -0.0456. The topological polar surface area (TPSA) is 53.9 Å². The first-order chi connectivity index (χ1) is 14.7. The predicted molar refractivity (Wildman–Crippen MR) is 121 cm³/mol. The van der Waals surface area contributed by atoms with E-state index in [4.69, 9.17) is 5.10 Å². The first kappa shape index (κ1) is 18.4. The predicted octanol–water partition coefficient (Wildman–Crippen LogP) is 5.35. The molecule has 3 aromatic heterocycles. The fourth-order valence-corrected chi connectivity index (χ4v) is 4.33. The molecule has 0 aliphatic heterocycles. The fraction of sp³-hybridized carbons (Fsp3) is 0.0833. The number of carbonyl (C=O) groups is 1. The van der Waals surface area contributed by atoms with Crippen LogP contribution in [0.3, 0.4) is 0 Å². The van der Waals surface area contributed by atoms with E-state index in [-0.39, 0.29) is 5.91 Å². The molecule has 5 aromatic rings. The van der Waals surface area contributed by atoms with Crippen LogP contribution in [0.1, 0.15) is 16.1 Å². The molecule has 1 amide bonds. The van der Waals surface area contributed by atoms with Gasteiger partial charge in [-0.25, -0.2) is 4.68 Å². The standard InChI is InChI=1S/C24H20N4OS/c1-27(24(29)21-14-17-8-5-6-11-20(17)25-21)15-18-16-28(19-9-3-2-4-10-19)26-23(18)22-12-7-13-30-22/h2-14,16,25H,15H2,1H3. The molecule has 0 bridgehead atoms. The fourth-order valence-electron chi connectivity index (χ4n) is 3.58. The Labute approximate surface area is 178 Å². The van der Waals surface area contributed by atoms with E-state index in [9.17, 15) is 4.79 Å². The lowest BCUT2D eigenvalue weighted by molar-refractivity contribution is 0.0780. The molecule has 0 aliphatic carbocycles. The van der Waals surface area contributed by atoms with Gasteiger partial charge in [0.2, 0.25) is 0 Å². The molecule has 0 fully saturated rings. The Morgan fingerprint density at radius 3 is 2.63 bits per heavy atom. The maximum Gasteiger partial charge on any atom is 0.270 e. The second kappa shape index (κ2) is 7.65. The van der Waals surface area contributed by atoms with Crippen molar-refractivity contribution in [2.75, 3.05) is 7.05 Å². The van der Waals surface area contributed by atoms with Crippen LogP contribution in [0.25, 0.3) is 27.2 Å². The number of benzene rings is 2. The van der Waals surface area contributed by atoms with Crippen LogP contribution in [0.4, 0.5) is 0 Å². The number of carbonyl (C=O) groups excluding carboxylic acids is 1. The van der Waals surface area contributed by atoms with Crippen LogP contribution in [0, 0.1) is 0 Å². The zero-order valence-electron chi connectivity index (χ0n) is 16.4. The van der Waals surface area contributed by atoms with E-state index in [2.05, 4.69) is 11.1 Å². The molecule has 0 radical (unpaired) electrons. The van der Waals surface area contributed by atoms with Crippen LogP contribution in [0.5, 0.6) is 0 Å². The highest BCUT2D eigenvalue weighted by molar-refractivity contribution is 7.13. The zero-order chi connectivity index (χ0) is 20.5. The molecule has 5 nitrogen and oxygen atoms in total. The van der Waals surface area contributed by atoms with Crippen molar-refractivity contribution in [3.63, 3.8) is 0 Å². The zero-order valence-corrected chi connectivity index (χ0v) is 17.3. The number of nitrogens with one attached hydrogen (secondary N) is 1. The molecule has 0 spiro atoms. The van der Waals surface area contributed by atoms with Crippen molar-refractivity contribution >= 4 is 28.1 Å². The SMILES string of the molecule is CN(Cc1cn(-c2ccccc2)nc1-c1cccs1)C(=O)c1cc2ccccc2[nH]1. The summed E-state index contributed by atoms with van der Waals surface area (Å²) in [4.78, 5) is 19.1. The summed E-state index contributed by atoms with van der Waals surface area (Å²) in [6.07, 6.45) is 2.01. The molecular weight excluding hydrogens is 392 g/mol. The van der Waals surface area contributed by atoms with Crippen molar-refractivity contribution in [1.29, 1.82) is 0 Å². The third kappa shape index (κ3) is 3.42. The van der Waals surface area contributed by atoms with Gasteiger partial charge < -0.3 is 9.88 Å². The van der Waals surface area contributed by atoms with Gasteiger partial charge in [-0.15, -0.1) is 11.3 Å². The summed E-state index contributed by atoms with van der Waals surface area (Å²) in [5.41, 5.74) is 4.46. The molecule has 2 aromatic carbocycles. The average molecular weight is 413 g/mol. The lowest BCUT2D eigenvalue weighted by Gasteiger charge is -2.16. The smallest absolute Gasteiger partial charge is 0.270 e. The number of hydrogen-bond acceptors (Lipinski definition) is 3. The van der Waals surface area contributed by atoms with Gasteiger partial charge in [0.05, 0.1) is 10.6 Å². The lowest BCUT2D eigenvalue weighted by atomic mass is 10.2. The van der Waals surface area contributed by atoms with Gasteiger partial charge >= 0.3 is 0 Å². The van der Waals surface area contributed by atoms with Crippen molar-refractivity contribution < 1.29 is 4.79 Å². The normalized spacial score (nSPS) is 11.1. The first-order valence-electron chi connectivity index (χ1n) is 9.70. The first-order valence-corrected chi connectivity index (χ1v) is 10.6. The van der Waals surface area contributed by atoms with E-state index in [0.29, 0.717) is 12.2 Å². The van der Waals surface area contributed by atoms with Gasteiger partial charge in [-0.3, -0.25) is 4.79 Å². The van der Waals surface area contributed by atoms with E-state index in [1.807, 2.05) is 90.0 Å². The molecule has 1 N–H and O–H groups in total. The Morgan fingerprint density at radius 1 is 1.07 bits per heavy atom. The molecule has 0 atom stereocenters. The van der Waals surface area contributed by atoms with Gasteiger partial charge in [-0.05, 0) is 35.7 Å². The van der Waals surface area contributed by atoms with Crippen LogP contribution in [-0.2, 0) is 6.54 Å². The van der Waals surface area contributed by atoms with Crippen molar-refractivity contribution in [2.24, 2.45) is 0 Å². The van der Waals surface area contributed by atoms with Gasteiger partial charge in [0.25, 0.3) is 5.91 Å². The number of rotatable bonds is 5. The van der Waals surface area contributed by atoms with Gasteiger partial charge in [0.1, 0.15) is 11.4 Å². The molecule has 0 saturated heterocycles. The minimum absolute atomic E-state index is 0.0456. The quantitative estimate of drug-likeness (QED) is 0.423. The van der Waals surface area contributed by atoms with Gasteiger partial charge in [0, 0.05) is 36.3 Å². The second-order valence-corrected chi connectivity index (χ2v) is 8.14. The minimum Gasteiger partial charge on any atom is -0.351 e. The monoisotopic (exact) mass is 412 g/mol. The molecule has 6 heteroatoms. The largest absolute Gasteiger partial charge is 0.351 e.